The van der Waals surface area contributed by atoms with Crippen LogP contribution in [0.25, 0.3) is 0 Å². The molecule has 0 aliphatic heterocycles. The van der Waals surface area contributed by atoms with Crippen LogP contribution in [0.1, 0.15) is 84.0 Å². The second-order valence-corrected chi connectivity index (χ2v) is 8.51. The molecule has 0 aromatic rings. The smallest absolute Gasteiger partial charge is 0.0746 e. The zero-order chi connectivity index (χ0) is 14.9. The number of hydrogen-bond acceptors (Lipinski definition) is 2. The Morgan fingerprint density at radius 1 is 0.952 bits per heavy atom. The molecule has 0 aromatic carbocycles. The molecule has 0 radical (unpaired) electrons. The van der Waals surface area contributed by atoms with E-state index in [1.165, 1.54) is 57.8 Å². The quantitative estimate of drug-likeness (QED) is 0.817. The maximum Gasteiger partial charge on any atom is 0.0746 e. The molecule has 0 bridgehead atoms. The Balaban J connectivity index is 1.86. The fourth-order valence-electron chi connectivity index (χ4n) is 6.15. The minimum absolute atomic E-state index is 0.0228. The van der Waals surface area contributed by atoms with Crippen molar-refractivity contribution in [3.05, 3.63) is 0 Å². The monoisotopic (exact) mass is 293 g/mol. The summed E-state index contributed by atoms with van der Waals surface area (Å²) >= 11 is 0. The van der Waals surface area contributed by atoms with Gasteiger partial charge in [0.1, 0.15) is 0 Å². The summed E-state index contributed by atoms with van der Waals surface area (Å²) in [7, 11) is 0. The summed E-state index contributed by atoms with van der Waals surface area (Å²) in [5, 5.41) is 11.9. The summed E-state index contributed by atoms with van der Waals surface area (Å²) in [4.78, 5) is 0. The van der Waals surface area contributed by atoms with Gasteiger partial charge in [0.25, 0.3) is 0 Å². The van der Waals surface area contributed by atoms with Crippen molar-refractivity contribution in [3.63, 3.8) is 0 Å². The van der Waals surface area contributed by atoms with Crippen molar-refractivity contribution >= 4 is 0 Å². The molecule has 0 aromatic heterocycles. The Kier molecular flexibility index (Phi) is 4.66. The summed E-state index contributed by atoms with van der Waals surface area (Å²) in [5.41, 5.74) is 5.84. The first kappa shape index (κ1) is 15.8. The van der Waals surface area contributed by atoms with Crippen LogP contribution in [0.5, 0.6) is 0 Å². The Labute approximate surface area is 130 Å². The topological polar surface area (TPSA) is 46.2 Å². The van der Waals surface area contributed by atoms with E-state index in [4.69, 9.17) is 5.73 Å². The molecule has 4 unspecified atom stereocenters. The minimum Gasteiger partial charge on any atom is -0.389 e. The first-order chi connectivity index (χ1) is 10.1. The third kappa shape index (κ3) is 2.67. The summed E-state index contributed by atoms with van der Waals surface area (Å²) in [6, 6.07) is 0. The van der Waals surface area contributed by atoms with E-state index in [0.717, 1.165) is 31.1 Å². The van der Waals surface area contributed by atoms with E-state index >= 15 is 0 Å². The molecule has 122 valence electrons. The maximum atomic E-state index is 11.9. The molecule has 3 aliphatic carbocycles. The third-order valence-corrected chi connectivity index (χ3v) is 7.32. The molecular weight excluding hydrogens is 258 g/mol. The lowest BCUT2D eigenvalue weighted by molar-refractivity contribution is -0.162. The van der Waals surface area contributed by atoms with Crippen LogP contribution in [-0.4, -0.2) is 17.3 Å². The zero-order valence-corrected chi connectivity index (χ0v) is 13.9. The van der Waals surface area contributed by atoms with Crippen molar-refractivity contribution in [1.29, 1.82) is 0 Å². The highest BCUT2D eigenvalue weighted by Crippen LogP contribution is 2.58. The van der Waals surface area contributed by atoms with Gasteiger partial charge in [-0.2, -0.15) is 0 Å². The zero-order valence-electron chi connectivity index (χ0n) is 13.9. The average Bonchev–Trinajstić information content (AvgIpc) is 2.92. The van der Waals surface area contributed by atoms with Crippen LogP contribution < -0.4 is 5.73 Å². The fourth-order valence-corrected chi connectivity index (χ4v) is 6.15. The van der Waals surface area contributed by atoms with Crippen LogP contribution in [0.2, 0.25) is 0 Å². The SMILES string of the molecule is CC1CCC(CN)(C2(O)CCCCC2C2CCCCC2)C1. The molecule has 3 rings (SSSR count). The fraction of sp³-hybridized carbons (Fsp3) is 1.00. The van der Waals surface area contributed by atoms with Crippen LogP contribution >= 0.6 is 0 Å². The lowest BCUT2D eigenvalue weighted by atomic mass is 9.55. The molecule has 2 heteroatoms. The molecule has 3 saturated carbocycles. The van der Waals surface area contributed by atoms with E-state index < -0.39 is 5.60 Å². The van der Waals surface area contributed by atoms with Crippen LogP contribution in [0.3, 0.4) is 0 Å². The molecule has 3 N–H and O–H groups in total. The van der Waals surface area contributed by atoms with Crippen LogP contribution in [0, 0.1) is 23.2 Å². The molecule has 4 atom stereocenters. The molecule has 0 spiro atoms. The number of nitrogens with two attached hydrogens (primary N) is 1. The van der Waals surface area contributed by atoms with E-state index in [9.17, 15) is 5.11 Å². The van der Waals surface area contributed by atoms with Gasteiger partial charge < -0.3 is 10.8 Å². The van der Waals surface area contributed by atoms with Crippen LogP contribution in [0.4, 0.5) is 0 Å². The molecule has 0 amide bonds. The van der Waals surface area contributed by atoms with Crippen molar-refractivity contribution in [2.45, 2.75) is 89.6 Å². The van der Waals surface area contributed by atoms with Gasteiger partial charge in [-0.1, -0.05) is 58.3 Å². The largest absolute Gasteiger partial charge is 0.389 e. The number of rotatable bonds is 3. The van der Waals surface area contributed by atoms with Gasteiger partial charge in [-0.25, -0.2) is 0 Å². The van der Waals surface area contributed by atoms with Gasteiger partial charge in [0.2, 0.25) is 0 Å². The average molecular weight is 293 g/mol. The van der Waals surface area contributed by atoms with Gasteiger partial charge in [-0.05, 0) is 43.4 Å². The van der Waals surface area contributed by atoms with Gasteiger partial charge in [0, 0.05) is 12.0 Å². The second kappa shape index (κ2) is 6.20. The Morgan fingerprint density at radius 2 is 1.67 bits per heavy atom. The van der Waals surface area contributed by atoms with Crippen molar-refractivity contribution in [3.8, 4) is 0 Å². The lowest BCUT2D eigenvalue weighted by Crippen LogP contribution is -2.59. The summed E-state index contributed by atoms with van der Waals surface area (Å²) in [6.45, 7) is 3.04. The van der Waals surface area contributed by atoms with Gasteiger partial charge in [-0.15, -0.1) is 0 Å². The van der Waals surface area contributed by atoms with Crippen LogP contribution in [-0.2, 0) is 0 Å². The Morgan fingerprint density at radius 3 is 2.29 bits per heavy atom. The predicted octanol–water partition coefficient (Wildman–Crippen LogP) is 4.25. The van der Waals surface area contributed by atoms with Crippen LogP contribution in [0.15, 0.2) is 0 Å². The molecule has 0 heterocycles. The third-order valence-electron chi connectivity index (χ3n) is 7.32. The van der Waals surface area contributed by atoms with E-state index in [1.54, 1.807) is 0 Å². The first-order valence-electron chi connectivity index (χ1n) is 9.54. The lowest BCUT2D eigenvalue weighted by Gasteiger charge is -2.54. The second-order valence-electron chi connectivity index (χ2n) is 8.51. The van der Waals surface area contributed by atoms with Gasteiger partial charge in [-0.3, -0.25) is 0 Å². The Bertz CT molecular complexity index is 351. The molecular formula is C19H35NO. The van der Waals surface area contributed by atoms with E-state index in [2.05, 4.69) is 6.92 Å². The van der Waals surface area contributed by atoms with E-state index in [-0.39, 0.29) is 5.41 Å². The van der Waals surface area contributed by atoms with E-state index in [0.29, 0.717) is 12.5 Å². The van der Waals surface area contributed by atoms with Crippen molar-refractivity contribution in [2.75, 3.05) is 6.54 Å². The van der Waals surface area contributed by atoms with Crippen molar-refractivity contribution in [1.82, 2.24) is 0 Å². The normalized spacial score (nSPS) is 45.9. The van der Waals surface area contributed by atoms with Crippen molar-refractivity contribution < 1.29 is 5.11 Å². The molecule has 2 nitrogen and oxygen atoms in total. The summed E-state index contributed by atoms with van der Waals surface area (Å²) in [5.74, 6) is 2.04. The highest BCUT2D eigenvalue weighted by Gasteiger charge is 2.57. The standard InChI is InChI=1S/C19H35NO/c1-15-10-12-18(13-15,14-20)19(21)11-6-5-9-17(19)16-7-3-2-4-8-16/h15-17,21H,2-14,20H2,1H3. The predicted molar refractivity (Wildman–Crippen MR) is 88.0 cm³/mol. The highest BCUT2D eigenvalue weighted by atomic mass is 16.3. The number of aliphatic hydroxyl groups is 1. The first-order valence-corrected chi connectivity index (χ1v) is 9.54. The summed E-state index contributed by atoms with van der Waals surface area (Å²) in [6.07, 6.45) is 15.2. The molecule has 21 heavy (non-hydrogen) atoms. The molecule has 0 saturated heterocycles. The molecule has 3 aliphatic rings. The number of hydrogen-bond donors (Lipinski definition) is 2. The minimum atomic E-state index is -0.466. The summed E-state index contributed by atoms with van der Waals surface area (Å²) < 4.78 is 0. The highest BCUT2D eigenvalue weighted by molar-refractivity contribution is 5.09. The van der Waals surface area contributed by atoms with Gasteiger partial charge in [0.15, 0.2) is 0 Å². The van der Waals surface area contributed by atoms with Gasteiger partial charge in [0.05, 0.1) is 5.60 Å². The Hall–Kier alpha value is -0.0800. The van der Waals surface area contributed by atoms with E-state index in [1.807, 2.05) is 0 Å². The van der Waals surface area contributed by atoms with Gasteiger partial charge >= 0.3 is 0 Å². The van der Waals surface area contributed by atoms with Crippen molar-refractivity contribution in [2.24, 2.45) is 28.9 Å². The molecule has 3 fully saturated rings. The maximum absolute atomic E-state index is 11.9.